The Hall–Kier alpha value is -3.60. The van der Waals surface area contributed by atoms with E-state index in [0.717, 1.165) is 34.7 Å². The van der Waals surface area contributed by atoms with Gasteiger partial charge in [-0.25, -0.2) is 4.98 Å². The van der Waals surface area contributed by atoms with Gasteiger partial charge in [0.05, 0.1) is 18.1 Å². The predicted molar refractivity (Wildman–Crippen MR) is 127 cm³/mol. The Morgan fingerprint density at radius 1 is 0.969 bits per heavy atom. The van der Waals surface area contributed by atoms with Gasteiger partial charge >= 0.3 is 0 Å². The van der Waals surface area contributed by atoms with Crippen LogP contribution in [0.3, 0.4) is 0 Å². The number of amides is 1. The maximum absolute atomic E-state index is 12.9. The van der Waals surface area contributed by atoms with Gasteiger partial charge < -0.3 is 14.2 Å². The Labute approximate surface area is 188 Å². The molecule has 1 fully saturated rings. The molecule has 3 aromatic carbocycles. The molecule has 0 N–H and O–H groups in total. The van der Waals surface area contributed by atoms with Crippen molar-refractivity contribution in [1.82, 2.24) is 9.55 Å². The van der Waals surface area contributed by atoms with Crippen LogP contribution in [-0.2, 0) is 17.8 Å². The van der Waals surface area contributed by atoms with Gasteiger partial charge in [-0.2, -0.15) is 0 Å². The predicted octanol–water partition coefficient (Wildman–Crippen LogP) is 5.18. The van der Waals surface area contributed by atoms with E-state index in [2.05, 4.69) is 54.0 Å². The van der Waals surface area contributed by atoms with E-state index in [0.29, 0.717) is 19.5 Å². The minimum atomic E-state index is 0.0546. The minimum absolute atomic E-state index is 0.0546. The molecule has 1 aliphatic rings. The SMILES string of the molecule is CCc1ccc(N2C[C@@H](c3nc4ccccc4n3Cc3ccc(OC)cc3)CC2=O)cc1. The number of anilines is 1. The lowest BCUT2D eigenvalue weighted by molar-refractivity contribution is -0.117. The van der Waals surface area contributed by atoms with Gasteiger partial charge in [-0.1, -0.05) is 43.3 Å². The fourth-order valence-electron chi connectivity index (χ4n) is 4.53. The molecule has 1 amide bonds. The highest BCUT2D eigenvalue weighted by atomic mass is 16.5. The topological polar surface area (TPSA) is 47.4 Å². The number of para-hydroxylation sites is 2. The second-order valence-corrected chi connectivity index (χ2v) is 8.32. The number of carbonyl (C=O) groups is 1. The molecule has 5 nitrogen and oxygen atoms in total. The van der Waals surface area contributed by atoms with E-state index in [4.69, 9.17) is 9.72 Å². The number of carbonyl (C=O) groups excluding carboxylic acids is 1. The van der Waals surface area contributed by atoms with E-state index < -0.39 is 0 Å². The van der Waals surface area contributed by atoms with Gasteiger partial charge in [-0.3, -0.25) is 4.79 Å². The van der Waals surface area contributed by atoms with Gasteiger partial charge in [0.1, 0.15) is 11.6 Å². The van der Waals surface area contributed by atoms with Crippen molar-refractivity contribution < 1.29 is 9.53 Å². The lowest BCUT2D eigenvalue weighted by Gasteiger charge is -2.18. The molecule has 0 bridgehead atoms. The van der Waals surface area contributed by atoms with E-state index >= 15 is 0 Å². The summed E-state index contributed by atoms with van der Waals surface area (Å²) in [5, 5.41) is 0. The van der Waals surface area contributed by atoms with E-state index in [1.54, 1.807) is 7.11 Å². The third-order valence-corrected chi connectivity index (χ3v) is 6.33. The van der Waals surface area contributed by atoms with E-state index in [1.165, 1.54) is 11.1 Å². The van der Waals surface area contributed by atoms with Crippen LogP contribution in [0.25, 0.3) is 11.0 Å². The summed E-state index contributed by atoms with van der Waals surface area (Å²) < 4.78 is 7.56. The molecule has 5 rings (SSSR count). The standard InChI is InChI=1S/C27H27N3O2/c1-3-19-8-12-22(13-9-19)29-18-21(16-26(29)31)27-28-24-6-4-5-7-25(24)30(27)17-20-10-14-23(32-2)15-11-20/h4-15,21H,3,16-18H2,1-2H3/t21-/m0/s1. The van der Waals surface area contributed by atoms with Crippen molar-refractivity contribution in [3.8, 4) is 5.75 Å². The van der Waals surface area contributed by atoms with Crippen molar-refractivity contribution in [2.45, 2.75) is 32.2 Å². The minimum Gasteiger partial charge on any atom is -0.497 e. The van der Waals surface area contributed by atoms with Gasteiger partial charge in [0.15, 0.2) is 0 Å². The molecule has 0 radical (unpaired) electrons. The Morgan fingerprint density at radius 3 is 2.41 bits per heavy atom. The summed E-state index contributed by atoms with van der Waals surface area (Å²) in [7, 11) is 1.68. The van der Waals surface area contributed by atoms with Crippen molar-refractivity contribution >= 4 is 22.6 Å². The fraction of sp³-hybridized carbons (Fsp3) is 0.259. The molecular weight excluding hydrogens is 398 g/mol. The number of rotatable bonds is 6. The molecule has 2 heterocycles. The maximum atomic E-state index is 12.9. The zero-order valence-electron chi connectivity index (χ0n) is 18.5. The van der Waals surface area contributed by atoms with Crippen molar-refractivity contribution in [2.24, 2.45) is 0 Å². The van der Waals surface area contributed by atoms with Crippen LogP contribution >= 0.6 is 0 Å². The molecule has 1 aromatic heterocycles. The van der Waals surface area contributed by atoms with Crippen LogP contribution in [0, 0.1) is 0 Å². The second-order valence-electron chi connectivity index (χ2n) is 8.32. The first-order valence-electron chi connectivity index (χ1n) is 11.1. The highest BCUT2D eigenvalue weighted by Gasteiger charge is 2.34. The first-order valence-corrected chi connectivity index (χ1v) is 11.1. The van der Waals surface area contributed by atoms with Crippen molar-refractivity contribution in [3.63, 3.8) is 0 Å². The number of aromatic nitrogens is 2. The molecule has 162 valence electrons. The quantitative estimate of drug-likeness (QED) is 0.428. The molecule has 32 heavy (non-hydrogen) atoms. The molecular formula is C27H27N3O2. The molecule has 1 aliphatic heterocycles. The highest BCUT2D eigenvalue weighted by Crippen LogP contribution is 2.33. The lowest BCUT2D eigenvalue weighted by atomic mass is 10.1. The molecule has 1 saturated heterocycles. The number of ether oxygens (including phenoxy) is 1. The molecule has 1 atom stereocenters. The largest absolute Gasteiger partial charge is 0.497 e. The van der Waals surface area contributed by atoms with Gasteiger partial charge in [-0.15, -0.1) is 0 Å². The van der Waals surface area contributed by atoms with Gasteiger partial charge in [0.2, 0.25) is 5.91 Å². The number of hydrogen-bond acceptors (Lipinski definition) is 3. The Bertz CT molecular complexity index is 1240. The number of aryl methyl sites for hydroxylation is 1. The number of nitrogens with zero attached hydrogens (tertiary/aromatic N) is 3. The van der Waals surface area contributed by atoms with E-state index in [1.807, 2.05) is 35.2 Å². The van der Waals surface area contributed by atoms with Crippen LogP contribution in [0.2, 0.25) is 0 Å². The van der Waals surface area contributed by atoms with Crippen LogP contribution < -0.4 is 9.64 Å². The third kappa shape index (κ3) is 3.75. The molecule has 5 heteroatoms. The van der Waals surface area contributed by atoms with Crippen LogP contribution in [0.4, 0.5) is 5.69 Å². The van der Waals surface area contributed by atoms with E-state index in [-0.39, 0.29) is 11.8 Å². The zero-order chi connectivity index (χ0) is 22.1. The van der Waals surface area contributed by atoms with Crippen LogP contribution in [0.5, 0.6) is 5.75 Å². The number of fused-ring (bicyclic) bond motifs is 1. The highest BCUT2D eigenvalue weighted by molar-refractivity contribution is 5.96. The summed E-state index contributed by atoms with van der Waals surface area (Å²) in [5.41, 5.74) is 5.48. The summed E-state index contributed by atoms with van der Waals surface area (Å²) in [6, 6.07) is 24.6. The average Bonchev–Trinajstić information content (AvgIpc) is 3.40. The van der Waals surface area contributed by atoms with Crippen molar-refractivity contribution in [3.05, 3.63) is 89.7 Å². The second kappa shape index (κ2) is 8.50. The maximum Gasteiger partial charge on any atom is 0.227 e. The van der Waals surface area contributed by atoms with Crippen LogP contribution in [0.15, 0.2) is 72.8 Å². The monoisotopic (exact) mass is 425 g/mol. The first-order chi connectivity index (χ1) is 15.7. The zero-order valence-corrected chi connectivity index (χ0v) is 18.5. The number of methoxy groups -OCH3 is 1. The summed E-state index contributed by atoms with van der Waals surface area (Å²) in [6.45, 7) is 3.49. The van der Waals surface area contributed by atoms with E-state index in [9.17, 15) is 4.79 Å². The summed E-state index contributed by atoms with van der Waals surface area (Å²) in [5.74, 6) is 2.03. The summed E-state index contributed by atoms with van der Waals surface area (Å²) in [4.78, 5) is 19.8. The molecule has 0 unspecified atom stereocenters. The Balaban J connectivity index is 1.48. The number of hydrogen-bond donors (Lipinski definition) is 0. The first kappa shape index (κ1) is 20.3. The van der Waals surface area contributed by atoms with Gasteiger partial charge in [0, 0.05) is 31.1 Å². The average molecular weight is 426 g/mol. The number of imidazole rings is 1. The van der Waals surface area contributed by atoms with Gasteiger partial charge in [-0.05, 0) is 53.9 Å². The van der Waals surface area contributed by atoms with Crippen molar-refractivity contribution in [2.75, 3.05) is 18.6 Å². The Kier molecular flexibility index (Phi) is 5.39. The summed E-state index contributed by atoms with van der Waals surface area (Å²) in [6.07, 6.45) is 1.47. The lowest BCUT2D eigenvalue weighted by Crippen LogP contribution is -2.24. The molecule has 0 aliphatic carbocycles. The Morgan fingerprint density at radius 2 is 1.69 bits per heavy atom. The van der Waals surface area contributed by atoms with Crippen LogP contribution in [0.1, 0.15) is 36.2 Å². The molecule has 0 spiro atoms. The fourth-order valence-corrected chi connectivity index (χ4v) is 4.53. The van der Waals surface area contributed by atoms with Gasteiger partial charge in [0.25, 0.3) is 0 Å². The molecule has 0 saturated carbocycles. The summed E-state index contributed by atoms with van der Waals surface area (Å²) >= 11 is 0. The smallest absolute Gasteiger partial charge is 0.227 e. The normalized spacial score (nSPS) is 16.1. The number of benzene rings is 3. The molecule has 4 aromatic rings. The van der Waals surface area contributed by atoms with Crippen molar-refractivity contribution in [1.29, 1.82) is 0 Å². The van der Waals surface area contributed by atoms with Crippen LogP contribution in [-0.4, -0.2) is 29.1 Å². The third-order valence-electron chi connectivity index (χ3n) is 6.33.